The number of rotatable bonds is 5. The van der Waals surface area contributed by atoms with Gasteiger partial charge in [0, 0.05) is 25.0 Å². The summed E-state index contributed by atoms with van der Waals surface area (Å²) in [6.45, 7) is 3.65. The van der Waals surface area contributed by atoms with Crippen molar-refractivity contribution in [3.8, 4) is 0 Å². The normalized spacial score (nSPS) is 16.9. The van der Waals surface area contributed by atoms with Gasteiger partial charge in [0.25, 0.3) is 5.56 Å². The Morgan fingerprint density at radius 3 is 2.76 bits per heavy atom. The van der Waals surface area contributed by atoms with Gasteiger partial charge in [-0.1, -0.05) is 15.9 Å². The molecule has 1 aromatic heterocycles. The molecule has 0 radical (unpaired) electrons. The van der Waals surface area contributed by atoms with E-state index in [0.29, 0.717) is 0 Å². The van der Waals surface area contributed by atoms with Crippen molar-refractivity contribution in [3.63, 3.8) is 0 Å². The smallest absolute Gasteiger partial charge is 0.268 e. The largest absolute Gasteiger partial charge is 0.373 e. The fourth-order valence-corrected chi connectivity index (χ4v) is 2.50. The van der Waals surface area contributed by atoms with E-state index in [2.05, 4.69) is 28.0 Å². The van der Waals surface area contributed by atoms with Crippen molar-refractivity contribution in [1.82, 2.24) is 9.78 Å². The zero-order valence-corrected chi connectivity index (χ0v) is 11.9. The van der Waals surface area contributed by atoms with Gasteiger partial charge in [-0.2, -0.15) is 5.10 Å². The molecule has 0 atom stereocenters. The third-order valence-electron chi connectivity index (χ3n) is 3.50. The zero-order chi connectivity index (χ0) is 12.5. The van der Waals surface area contributed by atoms with Crippen LogP contribution in [0.1, 0.15) is 19.8 Å². The van der Waals surface area contributed by atoms with E-state index in [0.717, 1.165) is 24.1 Å². The summed E-state index contributed by atoms with van der Waals surface area (Å²) < 4.78 is 1.58. The van der Waals surface area contributed by atoms with Gasteiger partial charge in [0.1, 0.15) is 0 Å². The van der Waals surface area contributed by atoms with Crippen LogP contribution >= 0.6 is 15.9 Å². The second-order valence-electron chi connectivity index (χ2n) is 4.86. The van der Waals surface area contributed by atoms with E-state index in [9.17, 15) is 4.79 Å². The number of hydrogen-bond acceptors (Lipinski definition) is 3. The standard InChI is InChI=1S/C12H18BrN3O/c1-3-15(2)10-6-11(17)16(14-7-10)9-12(8-13)4-5-12/h6-7H,3-5,8-9H2,1-2H3. The third-order valence-corrected chi connectivity index (χ3v) is 4.69. The fourth-order valence-electron chi connectivity index (χ4n) is 1.76. The van der Waals surface area contributed by atoms with E-state index in [4.69, 9.17) is 0 Å². The van der Waals surface area contributed by atoms with Crippen LogP contribution in [0, 0.1) is 5.41 Å². The molecule has 4 nitrogen and oxygen atoms in total. The molecule has 1 aromatic rings. The first kappa shape index (κ1) is 12.6. The average Bonchev–Trinajstić information content (AvgIpc) is 3.11. The Kier molecular flexibility index (Phi) is 3.56. The van der Waals surface area contributed by atoms with Crippen LogP contribution in [0.5, 0.6) is 0 Å². The second-order valence-corrected chi connectivity index (χ2v) is 5.42. The summed E-state index contributed by atoms with van der Waals surface area (Å²) in [4.78, 5) is 14.0. The first-order valence-electron chi connectivity index (χ1n) is 5.94. The molecule has 0 aromatic carbocycles. The second kappa shape index (κ2) is 4.80. The molecule has 0 N–H and O–H groups in total. The topological polar surface area (TPSA) is 38.1 Å². The number of alkyl halides is 1. The number of anilines is 1. The molecule has 5 heteroatoms. The van der Waals surface area contributed by atoms with Crippen LogP contribution in [0.4, 0.5) is 5.69 Å². The molecule has 1 heterocycles. The SMILES string of the molecule is CCN(C)c1cnn(CC2(CBr)CC2)c(=O)c1. The predicted molar refractivity (Wildman–Crippen MR) is 72.9 cm³/mol. The van der Waals surface area contributed by atoms with Crippen molar-refractivity contribution in [1.29, 1.82) is 0 Å². The van der Waals surface area contributed by atoms with Crippen molar-refractivity contribution < 1.29 is 0 Å². The highest BCUT2D eigenvalue weighted by molar-refractivity contribution is 9.09. The molecule has 17 heavy (non-hydrogen) atoms. The molecule has 0 aliphatic heterocycles. The number of nitrogens with zero attached hydrogens (tertiary/aromatic N) is 3. The Bertz CT molecular complexity index is 453. The molecule has 0 saturated heterocycles. The van der Waals surface area contributed by atoms with Crippen LogP contribution in [0.2, 0.25) is 0 Å². The summed E-state index contributed by atoms with van der Waals surface area (Å²) in [5.41, 5.74) is 1.15. The number of halogens is 1. The maximum Gasteiger partial charge on any atom is 0.268 e. The molecular formula is C12H18BrN3O. The molecule has 1 fully saturated rings. The fraction of sp³-hybridized carbons (Fsp3) is 0.667. The van der Waals surface area contributed by atoms with Gasteiger partial charge < -0.3 is 4.90 Å². The van der Waals surface area contributed by atoms with Crippen LogP contribution in [0.25, 0.3) is 0 Å². The Morgan fingerprint density at radius 2 is 2.29 bits per heavy atom. The Balaban J connectivity index is 2.18. The van der Waals surface area contributed by atoms with Crippen molar-refractivity contribution in [2.24, 2.45) is 5.41 Å². The van der Waals surface area contributed by atoms with Crippen molar-refractivity contribution in [2.75, 3.05) is 23.8 Å². The summed E-state index contributed by atoms with van der Waals surface area (Å²) in [6, 6.07) is 1.67. The van der Waals surface area contributed by atoms with E-state index in [1.54, 1.807) is 16.9 Å². The molecule has 0 bridgehead atoms. The van der Waals surface area contributed by atoms with Crippen LogP contribution in [-0.2, 0) is 6.54 Å². The predicted octanol–water partition coefficient (Wildman–Crippen LogP) is 1.87. The minimum absolute atomic E-state index is 0.00461. The van der Waals surface area contributed by atoms with Crippen LogP contribution < -0.4 is 10.5 Å². The lowest BCUT2D eigenvalue weighted by molar-refractivity contribution is 0.426. The molecule has 0 spiro atoms. The molecule has 2 rings (SSSR count). The lowest BCUT2D eigenvalue weighted by atomic mass is 10.1. The van der Waals surface area contributed by atoms with Crippen LogP contribution in [-0.4, -0.2) is 28.7 Å². The molecule has 0 amide bonds. The first-order valence-corrected chi connectivity index (χ1v) is 7.07. The average molecular weight is 300 g/mol. The van der Waals surface area contributed by atoms with Gasteiger partial charge in [-0.15, -0.1) is 0 Å². The highest BCUT2D eigenvalue weighted by Crippen LogP contribution is 2.48. The molecule has 1 aliphatic carbocycles. The van der Waals surface area contributed by atoms with Gasteiger partial charge in [0.05, 0.1) is 18.4 Å². The first-order chi connectivity index (χ1) is 8.10. The summed E-state index contributed by atoms with van der Waals surface area (Å²) >= 11 is 3.51. The maximum absolute atomic E-state index is 11.9. The van der Waals surface area contributed by atoms with E-state index in [1.165, 1.54) is 12.8 Å². The minimum atomic E-state index is -0.00461. The van der Waals surface area contributed by atoms with Crippen molar-refractivity contribution in [2.45, 2.75) is 26.3 Å². The van der Waals surface area contributed by atoms with E-state index < -0.39 is 0 Å². The van der Waals surface area contributed by atoms with Crippen molar-refractivity contribution in [3.05, 3.63) is 22.6 Å². The minimum Gasteiger partial charge on any atom is -0.373 e. The lowest BCUT2D eigenvalue weighted by Crippen LogP contribution is -2.29. The molecule has 1 aliphatic rings. The van der Waals surface area contributed by atoms with Crippen LogP contribution in [0.15, 0.2) is 17.1 Å². The maximum atomic E-state index is 11.9. The van der Waals surface area contributed by atoms with Gasteiger partial charge >= 0.3 is 0 Å². The molecule has 1 saturated carbocycles. The van der Waals surface area contributed by atoms with Crippen molar-refractivity contribution >= 4 is 21.6 Å². The van der Waals surface area contributed by atoms with Gasteiger partial charge in [0.15, 0.2) is 0 Å². The number of hydrogen-bond donors (Lipinski definition) is 0. The highest BCUT2D eigenvalue weighted by atomic mass is 79.9. The monoisotopic (exact) mass is 299 g/mol. The van der Waals surface area contributed by atoms with E-state index >= 15 is 0 Å². The number of aromatic nitrogens is 2. The summed E-state index contributed by atoms with van der Waals surface area (Å²) in [5.74, 6) is 0. The van der Waals surface area contributed by atoms with Gasteiger partial charge in [-0.25, -0.2) is 4.68 Å². The van der Waals surface area contributed by atoms with Crippen LogP contribution in [0.3, 0.4) is 0 Å². The summed E-state index contributed by atoms with van der Waals surface area (Å²) in [6.07, 6.45) is 4.14. The Morgan fingerprint density at radius 1 is 1.59 bits per heavy atom. The van der Waals surface area contributed by atoms with Gasteiger partial charge in [0.2, 0.25) is 0 Å². The van der Waals surface area contributed by atoms with E-state index in [1.807, 2.05) is 11.9 Å². The summed E-state index contributed by atoms with van der Waals surface area (Å²) in [5, 5.41) is 5.21. The van der Waals surface area contributed by atoms with Gasteiger partial charge in [-0.05, 0) is 25.2 Å². The van der Waals surface area contributed by atoms with Gasteiger partial charge in [-0.3, -0.25) is 4.79 Å². The molecule has 94 valence electrons. The lowest BCUT2D eigenvalue weighted by Gasteiger charge is -2.17. The molecular weight excluding hydrogens is 282 g/mol. The zero-order valence-electron chi connectivity index (χ0n) is 10.3. The third kappa shape index (κ3) is 2.70. The van der Waals surface area contributed by atoms with E-state index in [-0.39, 0.29) is 11.0 Å². The Labute approximate surface area is 110 Å². The summed E-state index contributed by atoms with van der Waals surface area (Å²) in [7, 11) is 1.96. The quantitative estimate of drug-likeness (QED) is 0.779. The molecule has 0 unspecified atom stereocenters. The highest BCUT2D eigenvalue weighted by Gasteiger charge is 2.42. The Hall–Kier alpha value is -0.840.